The minimum atomic E-state index is -0.246. The van der Waals surface area contributed by atoms with E-state index in [9.17, 15) is 9.59 Å². The number of pyridine rings is 1. The molecule has 4 rings (SSSR count). The zero-order valence-corrected chi connectivity index (χ0v) is 16.0. The fourth-order valence-electron chi connectivity index (χ4n) is 3.63. The van der Waals surface area contributed by atoms with E-state index in [1.54, 1.807) is 18.5 Å². The van der Waals surface area contributed by atoms with Gasteiger partial charge in [0.1, 0.15) is 6.54 Å². The predicted molar refractivity (Wildman–Crippen MR) is 110 cm³/mol. The lowest BCUT2D eigenvalue weighted by molar-refractivity contribution is -0.119. The van der Waals surface area contributed by atoms with Crippen molar-refractivity contribution in [3.05, 3.63) is 76.5 Å². The molecular weight excluding hydrogens is 350 g/mol. The van der Waals surface area contributed by atoms with E-state index < -0.39 is 0 Å². The standard InChI is InChI=1S/C23H23N3O2/c1-16-2-5-19(6-3-16)22-8-9-23(28)26(25-22)15-21(27)13-17-4-7-18-10-11-24-14-20(18)12-17/h4-5,7-12,14,16H,2-3,6,13,15H2,1H3. The minimum Gasteiger partial charge on any atom is -0.297 e. The first kappa shape index (κ1) is 18.3. The van der Waals surface area contributed by atoms with Crippen molar-refractivity contribution in [2.24, 2.45) is 5.92 Å². The van der Waals surface area contributed by atoms with Gasteiger partial charge in [-0.25, -0.2) is 4.68 Å². The van der Waals surface area contributed by atoms with Crippen LogP contribution in [0.2, 0.25) is 0 Å². The van der Waals surface area contributed by atoms with E-state index in [4.69, 9.17) is 0 Å². The molecule has 1 unspecified atom stereocenters. The molecule has 2 heterocycles. The molecule has 1 aliphatic rings. The average Bonchev–Trinajstić information content (AvgIpc) is 2.70. The summed E-state index contributed by atoms with van der Waals surface area (Å²) in [5, 5.41) is 6.55. The highest BCUT2D eigenvalue weighted by molar-refractivity contribution is 5.85. The molecule has 0 N–H and O–H groups in total. The molecule has 5 heteroatoms. The molecule has 0 saturated carbocycles. The molecule has 0 saturated heterocycles. The summed E-state index contributed by atoms with van der Waals surface area (Å²) in [5.41, 5.74) is 2.64. The molecule has 0 bridgehead atoms. The molecule has 0 amide bonds. The van der Waals surface area contributed by atoms with Gasteiger partial charge < -0.3 is 0 Å². The van der Waals surface area contributed by atoms with E-state index in [0.29, 0.717) is 5.92 Å². The summed E-state index contributed by atoms with van der Waals surface area (Å²) < 4.78 is 1.29. The highest BCUT2D eigenvalue weighted by atomic mass is 16.1. The number of fused-ring (bicyclic) bond motifs is 1. The highest BCUT2D eigenvalue weighted by Gasteiger charge is 2.14. The number of carbonyl (C=O) groups excluding carboxylic acids is 1. The summed E-state index contributed by atoms with van der Waals surface area (Å²) in [6, 6.07) is 11.1. The summed E-state index contributed by atoms with van der Waals surface area (Å²) in [6.07, 6.45) is 9.14. The number of allylic oxidation sites excluding steroid dienone is 2. The number of hydrogen-bond donors (Lipinski definition) is 0. The molecule has 2 aromatic heterocycles. The van der Waals surface area contributed by atoms with Gasteiger partial charge >= 0.3 is 0 Å². The third kappa shape index (κ3) is 4.09. The molecule has 142 valence electrons. The molecular formula is C23H23N3O2. The predicted octanol–water partition coefficient (Wildman–Crippen LogP) is 3.81. The normalized spacial score (nSPS) is 16.8. The van der Waals surface area contributed by atoms with Crippen LogP contribution in [0.5, 0.6) is 0 Å². The minimum absolute atomic E-state index is 0.0125. The number of carbonyl (C=O) groups is 1. The molecule has 0 fully saturated rings. The summed E-state index contributed by atoms with van der Waals surface area (Å²) in [5.74, 6) is 0.648. The largest absolute Gasteiger partial charge is 0.297 e. The van der Waals surface area contributed by atoms with Gasteiger partial charge in [0, 0.05) is 30.3 Å². The summed E-state index contributed by atoms with van der Waals surface area (Å²) in [7, 11) is 0. The van der Waals surface area contributed by atoms with Gasteiger partial charge in [0.25, 0.3) is 5.56 Å². The van der Waals surface area contributed by atoms with Crippen molar-refractivity contribution < 1.29 is 4.79 Å². The molecule has 28 heavy (non-hydrogen) atoms. The van der Waals surface area contributed by atoms with Crippen molar-refractivity contribution in [1.82, 2.24) is 14.8 Å². The number of ketones is 1. The van der Waals surface area contributed by atoms with E-state index in [1.807, 2.05) is 24.3 Å². The van der Waals surface area contributed by atoms with Gasteiger partial charge in [0.15, 0.2) is 5.78 Å². The first-order chi connectivity index (χ1) is 13.6. The number of Topliss-reactive ketones (excluding diaryl/α,β-unsaturated/α-hetero) is 1. The Morgan fingerprint density at radius 2 is 2.07 bits per heavy atom. The van der Waals surface area contributed by atoms with Gasteiger partial charge in [0.2, 0.25) is 0 Å². The van der Waals surface area contributed by atoms with Crippen LogP contribution < -0.4 is 5.56 Å². The number of nitrogens with zero attached hydrogens (tertiary/aromatic N) is 3. The van der Waals surface area contributed by atoms with Crippen LogP contribution in [0.25, 0.3) is 16.3 Å². The van der Waals surface area contributed by atoms with Crippen molar-refractivity contribution in [2.75, 3.05) is 0 Å². The molecule has 1 aliphatic carbocycles. The molecule has 0 radical (unpaired) electrons. The Morgan fingerprint density at radius 3 is 2.89 bits per heavy atom. The second-order valence-electron chi connectivity index (χ2n) is 7.60. The Balaban J connectivity index is 1.50. The Labute approximate surface area is 163 Å². The lowest BCUT2D eigenvalue weighted by Crippen LogP contribution is -2.27. The van der Waals surface area contributed by atoms with E-state index in [-0.39, 0.29) is 24.3 Å². The van der Waals surface area contributed by atoms with E-state index in [1.165, 1.54) is 16.3 Å². The van der Waals surface area contributed by atoms with Crippen LogP contribution in [0, 0.1) is 5.92 Å². The lowest BCUT2D eigenvalue weighted by atomic mass is 9.90. The zero-order chi connectivity index (χ0) is 19.5. The van der Waals surface area contributed by atoms with Crippen molar-refractivity contribution in [3.63, 3.8) is 0 Å². The van der Waals surface area contributed by atoms with Gasteiger partial charge in [0.05, 0.1) is 5.69 Å². The number of aromatic nitrogens is 3. The fourth-order valence-corrected chi connectivity index (χ4v) is 3.63. The maximum absolute atomic E-state index is 12.6. The van der Waals surface area contributed by atoms with Crippen LogP contribution in [0.3, 0.4) is 0 Å². The maximum Gasteiger partial charge on any atom is 0.267 e. The molecule has 5 nitrogen and oxygen atoms in total. The molecule has 0 aliphatic heterocycles. The highest BCUT2D eigenvalue weighted by Crippen LogP contribution is 2.28. The van der Waals surface area contributed by atoms with Gasteiger partial charge in [-0.2, -0.15) is 5.10 Å². The van der Waals surface area contributed by atoms with E-state index >= 15 is 0 Å². The SMILES string of the molecule is CC1CC=C(c2ccc(=O)n(CC(=O)Cc3ccc4ccncc4c3)n2)CC1. The van der Waals surface area contributed by atoms with Crippen LogP contribution in [0.15, 0.2) is 59.7 Å². The third-order valence-electron chi connectivity index (χ3n) is 5.30. The van der Waals surface area contributed by atoms with Crippen LogP contribution in [0.1, 0.15) is 37.4 Å². The summed E-state index contributed by atoms with van der Waals surface area (Å²) in [4.78, 5) is 28.9. The summed E-state index contributed by atoms with van der Waals surface area (Å²) >= 11 is 0. The number of rotatable bonds is 5. The van der Waals surface area contributed by atoms with Crippen LogP contribution >= 0.6 is 0 Å². The second-order valence-corrected chi connectivity index (χ2v) is 7.60. The Morgan fingerprint density at radius 1 is 1.18 bits per heavy atom. The first-order valence-corrected chi connectivity index (χ1v) is 9.70. The number of benzene rings is 1. The summed E-state index contributed by atoms with van der Waals surface area (Å²) in [6.45, 7) is 2.23. The molecule has 3 aromatic rings. The van der Waals surface area contributed by atoms with Crippen LogP contribution in [-0.4, -0.2) is 20.5 Å². The van der Waals surface area contributed by atoms with Gasteiger partial charge in [-0.15, -0.1) is 0 Å². The Kier molecular flexibility index (Phi) is 5.15. The average molecular weight is 373 g/mol. The zero-order valence-electron chi connectivity index (χ0n) is 16.0. The monoisotopic (exact) mass is 373 g/mol. The topological polar surface area (TPSA) is 64.8 Å². The third-order valence-corrected chi connectivity index (χ3v) is 5.30. The van der Waals surface area contributed by atoms with Gasteiger partial charge in [-0.1, -0.05) is 25.1 Å². The van der Waals surface area contributed by atoms with Crippen LogP contribution in [0.4, 0.5) is 0 Å². The molecule has 1 aromatic carbocycles. The van der Waals surface area contributed by atoms with Gasteiger partial charge in [-0.05, 0) is 59.9 Å². The van der Waals surface area contributed by atoms with Crippen molar-refractivity contribution in [2.45, 2.75) is 39.2 Å². The first-order valence-electron chi connectivity index (χ1n) is 9.70. The van der Waals surface area contributed by atoms with Crippen LogP contribution in [-0.2, 0) is 17.8 Å². The quantitative estimate of drug-likeness (QED) is 0.682. The Bertz CT molecular complexity index is 1110. The lowest BCUT2D eigenvalue weighted by Gasteiger charge is -2.18. The fraction of sp³-hybridized carbons (Fsp3) is 0.304. The smallest absolute Gasteiger partial charge is 0.267 e. The van der Waals surface area contributed by atoms with Crippen molar-refractivity contribution in [1.29, 1.82) is 0 Å². The Hall–Kier alpha value is -3.08. The van der Waals surface area contributed by atoms with E-state index in [2.05, 4.69) is 23.1 Å². The van der Waals surface area contributed by atoms with Crippen molar-refractivity contribution in [3.8, 4) is 0 Å². The molecule has 1 atom stereocenters. The van der Waals surface area contributed by atoms with E-state index in [0.717, 1.165) is 41.3 Å². The van der Waals surface area contributed by atoms with Gasteiger partial charge in [-0.3, -0.25) is 14.6 Å². The maximum atomic E-state index is 12.6. The van der Waals surface area contributed by atoms with Crippen molar-refractivity contribution >= 4 is 22.1 Å². The second kappa shape index (κ2) is 7.89. The molecule has 0 spiro atoms. The number of hydrogen-bond acceptors (Lipinski definition) is 4.